The fraction of sp³-hybridized carbons (Fsp3) is 0.409. The second kappa shape index (κ2) is 9.25. The van der Waals surface area contributed by atoms with Crippen LogP contribution in [0.4, 0.5) is 4.79 Å². The molecule has 0 bridgehead atoms. The molecule has 4 nitrogen and oxygen atoms in total. The first-order valence-electron chi connectivity index (χ1n) is 9.56. The minimum atomic E-state index is -0.140. The number of urea groups is 1. The van der Waals surface area contributed by atoms with Crippen LogP contribution in [-0.4, -0.2) is 25.8 Å². The number of rotatable bonds is 6. The zero-order chi connectivity index (χ0) is 19.1. The molecule has 0 saturated carbocycles. The van der Waals surface area contributed by atoms with Gasteiger partial charge in [-0.05, 0) is 42.5 Å². The lowest BCUT2D eigenvalue weighted by molar-refractivity contribution is 0.0506. The molecule has 2 aromatic rings. The number of ether oxygens (including phenoxy) is 1. The average Bonchev–Trinajstić information content (AvgIpc) is 2.72. The van der Waals surface area contributed by atoms with Gasteiger partial charge in [0, 0.05) is 30.2 Å². The van der Waals surface area contributed by atoms with Crippen molar-refractivity contribution in [2.75, 3.05) is 19.8 Å². The van der Waals surface area contributed by atoms with Gasteiger partial charge in [-0.1, -0.05) is 61.0 Å². The maximum Gasteiger partial charge on any atom is 0.315 e. The van der Waals surface area contributed by atoms with Crippen molar-refractivity contribution >= 4 is 17.6 Å². The fourth-order valence-electron chi connectivity index (χ4n) is 3.70. The first kappa shape index (κ1) is 19.7. The normalized spacial score (nSPS) is 17.1. The van der Waals surface area contributed by atoms with E-state index in [1.165, 1.54) is 5.56 Å². The molecule has 2 N–H and O–H groups in total. The fourth-order valence-corrected chi connectivity index (χ4v) is 3.82. The first-order valence-corrected chi connectivity index (χ1v) is 9.94. The standard InChI is InChI=1S/C22H27ClN2O2/c1-2-20(17-8-10-19(23)11-9-17)25-21(26)24-16-22(12-14-27-15-13-22)18-6-4-3-5-7-18/h3-11,20H,2,12-16H2,1H3,(H2,24,25,26). The van der Waals surface area contributed by atoms with E-state index in [4.69, 9.17) is 16.3 Å². The molecule has 0 aliphatic carbocycles. The van der Waals surface area contributed by atoms with Crippen molar-refractivity contribution < 1.29 is 9.53 Å². The summed E-state index contributed by atoms with van der Waals surface area (Å²) in [6.45, 7) is 4.11. The highest BCUT2D eigenvalue weighted by Crippen LogP contribution is 2.34. The Morgan fingerprint density at radius 3 is 2.41 bits per heavy atom. The monoisotopic (exact) mass is 386 g/mol. The summed E-state index contributed by atoms with van der Waals surface area (Å²) in [5.74, 6) is 0. The summed E-state index contributed by atoms with van der Waals surface area (Å²) >= 11 is 5.96. The largest absolute Gasteiger partial charge is 0.381 e. The first-order chi connectivity index (χ1) is 13.1. The zero-order valence-corrected chi connectivity index (χ0v) is 16.5. The highest BCUT2D eigenvalue weighted by atomic mass is 35.5. The van der Waals surface area contributed by atoms with Crippen molar-refractivity contribution in [1.82, 2.24) is 10.6 Å². The number of carbonyl (C=O) groups is 1. The third-order valence-corrected chi connectivity index (χ3v) is 5.66. The van der Waals surface area contributed by atoms with Crippen LogP contribution in [-0.2, 0) is 10.2 Å². The molecule has 2 amide bonds. The number of nitrogens with one attached hydrogen (secondary N) is 2. The van der Waals surface area contributed by atoms with Gasteiger partial charge in [-0.15, -0.1) is 0 Å². The second-order valence-corrected chi connectivity index (χ2v) is 7.53. The van der Waals surface area contributed by atoms with Crippen molar-refractivity contribution in [2.45, 2.75) is 37.6 Å². The Hall–Kier alpha value is -2.04. The van der Waals surface area contributed by atoms with Crippen LogP contribution in [0.2, 0.25) is 5.02 Å². The molecule has 5 heteroatoms. The predicted molar refractivity (Wildman–Crippen MR) is 109 cm³/mol. The molecule has 1 aliphatic heterocycles. The molecule has 144 valence electrons. The van der Waals surface area contributed by atoms with Gasteiger partial charge in [0.1, 0.15) is 0 Å². The minimum absolute atomic E-state index is 0.0374. The van der Waals surface area contributed by atoms with Gasteiger partial charge in [-0.25, -0.2) is 4.79 Å². The van der Waals surface area contributed by atoms with E-state index >= 15 is 0 Å². The number of benzene rings is 2. The van der Waals surface area contributed by atoms with Crippen LogP contribution in [0.5, 0.6) is 0 Å². The number of amides is 2. The van der Waals surface area contributed by atoms with Gasteiger partial charge in [0.05, 0.1) is 6.04 Å². The number of hydrogen-bond donors (Lipinski definition) is 2. The van der Waals surface area contributed by atoms with Crippen LogP contribution in [0, 0.1) is 0 Å². The molecule has 1 saturated heterocycles. The molecule has 1 heterocycles. The van der Waals surface area contributed by atoms with Gasteiger partial charge in [-0.3, -0.25) is 0 Å². The van der Waals surface area contributed by atoms with Gasteiger partial charge in [0.15, 0.2) is 0 Å². The van der Waals surface area contributed by atoms with E-state index in [2.05, 4.69) is 41.8 Å². The lowest BCUT2D eigenvalue weighted by Gasteiger charge is -2.38. The smallest absolute Gasteiger partial charge is 0.315 e. The molecule has 0 aromatic heterocycles. The summed E-state index contributed by atoms with van der Waals surface area (Å²) in [6.07, 6.45) is 2.63. The van der Waals surface area contributed by atoms with Crippen molar-refractivity contribution in [2.24, 2.45) is 0 Å². The average molecular weight is 387 g/mol. The van der Waals surface area contributed by atoms with Crippen molar-refractivity contribution in [3.8, 4) is 0 Å². The highest BCUT2D eigenvalue weighted by Gasteiger charge is 2.34. The van der Waals surface area contributed by atoms with Crippen LogP contribution in [0.25, 0.3) is 0 Å². The van der Waals surface area contributed by atoms with Crippen LogP contribution in [0.15, 0.2) is 54.6 Å². The van der Waals surface area contributed by atoms with Gasteiger partial charge in [0.25, 0.3) is 0 Å². The van der Waals surface area contributed by atoms with E-state index in [-0.39, 0.29) is 17.5 Å². The summed E-state index contributed by atoms with van der Waals surface area (Å²) in [5.41, 5.74) is 2.25. The zero-order valence-electron chi connectivity index (χ0n) is 15.7. The van der Waals surface area contributed by atoms with E-state index < -0.39 is 0 Å². The lowest BCUT2D eigenvalue weighted by Crippen LogP contribution is -2.47. The van der Waals surface area contributed by atoms with E-state index in [0.717, 1.165) is 38.0 Å². The highest BCUT2D eigenvalue weighted by molar-refractivity contribution is 6.30. The molecule has 27 heavy (non-hydrogen) atoms. The number of halogens is 1. The van der Waals surface area contributed by atoms with Crippen LogP contribution >= 0.6 is 11.6 Å². The quantitative estimate of drug-likeness (QED) is 0.746. The SMILES string of the molecule is CCC(NC(=O)NCC1(c2ccccc2)CCOCC1)c1ccc(Cl)cc1. The van der Waals surface area contributed by atoms with E-state index in [9.17, 15) is 4.79 Å². The topological polar surface area (TPSA) is 50.4 Å². The van der Waals surface area contributed by atoms with Crippen LogP contribution in [0.1, 0.15) is 43.4 Å². The van der Waals surface area contributed by atoms with Crippen molar-refractivity contribution in [3.63, 3.8) is 0 Å². The summed E-state index contributed by atoms with van der Waals surface area (Å²) < 4.78 is 5.56. The molecular weight excluding hydrogens is 360 g/mol. The van der Waals surface area contributed by atoms with Gasteiger partial charge < -0.3 is 15.4 Å². The molecule has 1 atom stereocenters. The Kier molecular flexibility index (Phi) is 6.75. The van der Waals surface area contributed by atoms with Gasteiger partial charge in [0.2, 0.25) is 0 Å². The number of hydrogen-bond acceptors (Lipinski definition) is 2. The van der Waals surface area contributed by atoms with Crippen molar-refractivity contribution in [1.29, 1.82) is 0 Å². The summed E-state index contributed by atoms with van der Waals surface area (Å²) in [5, 5.41) is 6.89. The van der Waals surface area contributed by atoms with Crippen LogP contribution < -0.4 is 10.6 Å². The molecule has 1 fully saturated rings. The van der Waals surface area contributed by atoms with Gasteiger partial charge in [-0.2, -0.15) is 0 Å². The maximum absolute atomic E-state index is 12.6. The maximum atomic E-state index is 12.6. The molecular formula is C22H27ClN2O2. The summed E-state index contributed by atoms with van der Waals surface area (Å²) in [4.78, 5) is 12.6. The van der Waals surface area contributed by atoms with Gasteiger partial charge >= 0.3 is 6.03 Å². The summed E-state index contributed by atoms with van der Waals surface area (Å²) in [7, 11) is 0. The molecule has 3 rings (SSSR count). The Bertz CT molecular complexity index is 728. The molecule has 1 unspecified atom stereocenters. The van der Waals surface area contributed by atoms with Crippen LogP contribution in [0.3, 0.4) is 0 Å². The van der Waals surface area contributed by atoms with E-state index in [1.807, 2.05) is 30.3 Å². The number of carbonyl (C=O) groups excluding carboxylic acids is 1. The van der Waals surface area contributed by atoms with E-state index in [0.29, 0.717) is 11.6 Å². The third kappa shape index (κ3) is 5.02. The second-order valence-electron chi connectivity index (χ2n) is 7.10. The Labute approximate surface area is 166 Å². The molecule has 1 aliphatic rings. The van der Waals surface area contributed by atoms with Crippen molar-refractivity contribution in [3.05, 3.63) is 70.7 Å². The molecule has 0 spiro atoms. The lowest BCUT2D eigenvalue weighted by atomic mass is 9.74. The third-order valence-electron chi connectivity index (χ3n) is 5.41. The summed E-state index contributed by atoms with van der Waals surface area (Å²) in [6, 6.07) is 17.9. The Morgan fingerprint density at radius 2 is 1.78 bits per heavy atom. The molecule has 2 aromatic carbocycles. The van der Waals surface area contributed by atoms with E-state index in [1.54, 1.807) is 0 Å². The molecule has 0 radical (unpaired) electrons. The Balaban J connectivity index is 1.64. The minimum Gasteiger partial charge on any atom is -0.381 e. The predicted octanol–water partition coefficient (Wildman–Crippen LogP) is 4.84. The Morgan fingerprint density at radius 1 is 1.11 bits per heavy atom.